The number of benzene rings is 2. The number of halogens is 1. The molecule has 31 heavy (non-hydrogen) atoms. The number of hydrogen-bond acceptors (Lipinski definition) is 6. The van der Waals surface area contributed by atoms with E-state index in [0.29, 0.717) is 18.9 Å². The molecule has 2 aromatic heterocycles. The maximum absolute atomic E-state index is 13.0. The number of nitrogens with zero attached hydrogens (tertiary/aromatic N) is 3. The second-order valence-corrected chi connectivity index (χ2v) is 7.74. The van der Waals surface area contributed by atoms with Crippen LogP contribution in [0, 0.1) is 5.82 Å². The lowest BCUT2D eigenvalue weighted by atomic mass is 10.2. The number of para-hydroxylation sites is 1. The molecule has 0 bridgehead atoms. The molecule has 2 heterocycles. The van der Waals surface area contributed by atoms with Gasteiger partial charge in [-0.1, -0.05) is 23.9 Å². The van der Waals surface area contributed by atoms with Crippen molar-refractivity contribution in [3.8, 4) is 22.9 Å². The first kappa shape index (κ1) is 21.0. The van der Waals surface area contributed by atoms with E-state index in [9.17, 15) is 4.39 Å². The van der Waals surface area contributed by atoms with E-state index in [0.717, 1.165) is 40.2 Å². The Morgan fingerprint density at radius 3 is 2.65 bits per heavy atom. The molecule has 4 rings (SSSR count). The van der Waals surface area contributed by atoms with Gasteiger partial charge in [-0.25, -0.2) is 4.39 Å². The van der Waals surface area contributed by atoms with Crippen LogP contribution in [0.5, 0.6) is 11.5 Å². The van der Waals surface area contributed by atoms with E-state index in [1.165, 1.54) is 12.1 Å². The second-order valence-electron chi connectivity index (χ2n) is 6.68. The number of hydrogen-bond donors (Lipinski definition) is 0. The maximum atomic E-state index is 13.0. The van der Waals surface area contributed by atoms with Gasteiger partial charge in [0.2, 0.25) is 0 Å². The summed E-state index contributed by atoms with van der Waals surface area (Å²) in [7, 11) is 1.64. The van der Waals surface area contributed by atoms with Gasteiger partial charge in [0, 0.05) is 5.75 Å². The van der Waals surface area contributed by atoms with Crippen molar-refractivity contribution >= 4 is 11.8 Å². The summed E-state index contributed by atoms with van der Waals surface area (Å²) in [5.41, 5.74) is 0.871. The minimum absolute atomic E-state index is 0.273. The summed E-state index contributed by atoms with van der Waals surface area (Å²) in [6, 6.07) is 17.6. The number of aromatic nitrogens is 3. The zero-order valence-electron chi connectivity index (χ0n) is 17.0. The molecule has 0 aliphatic rings. The minimum atomic E-state index is -0.273. The lowest BCUT2D eigenvalue weighted by Gasteiger charge is -2.11. The van der Waals surface area contributed by atoms with Crippen molar-refractivity contribution in [2.45, 2.75) is 18.1 Å². The van der Waals surface area contributed by atoms with E-state index in [2.05, 4.69) is 10.2 Å². The molecule has 0 spiro atoms. The number of ether oxygens (including phenoxy) is 2. The first-order valence-corrected chi connectivity index (χ1v) is 10.8. The Morgan fingerprint density at radius 2 is 1.87 bits per heavy atom. The fourth-order valence-electron chi connectivity index (χ4n) is 3.07. The molecule has 0 atom stereocenters. The van der Waals surface area contributed by atoms with Crippen LogP contribution in [0.1, 0.15) is 12.2 Å². The van der Waals surface area contributed by atoms with Crippen molar-refractivity contribution in [3.63, 3.8) is 0 Å². The third-order valence-corrected chi connectivity index (χ3v) is 5.61. The first-order chi connectivity index (χ1) is 15.2. The minimum Gasteiger partial charge on any atom is -0.496 e. The smallest absolute Gasteiger partial charge is 0.191 e. The average molecular weight is 440 g/mol. The van der Waals surface area contributed by atoms with Crippen molar-refractivity contribution in [2.24, 2.45) is 0 Å². The molecule has 0 aliphatic heterocycles. The summed E-state index contributed by atoms with van der Waals surface area (Å²) in [4.78, 5) is 0. The van der Waals surface area contributed by atoms with Crippen molar-refractivity contribution in [1.29, 1.82) is 0 Å². The predicted octanol–water partition coefficient (Wildman–Crippen LogP) is 5.30. The van der Waals surface area contributed by atoms with Gasteiger partial charge >= 0.3 is 0 Å². The third kappa shape index (κ3) is 5.27. The Kier molecular flexibility index (Phi) is 6.89. The van der Waals surface area contributed by atoms with E-state index < -0.39 is 0 Å². The van der Waals surface area contributed by atoms with Crippen LogP contribution in [0.2, 0.25) is 0 Å². The molecule has 0 saturated carbocycles. The Hall–Kier alpha value is -3.26. The molecular weight excluding hydrogens is 417 g/mol. The molecule has 0 radical (unpaired) electrons. The van der Waals surface area contributed by atoms with Gasteiger partial charge < -0.3 is 13.9 Å². The topological polar surface area (TPSA) is 62.3 Å². The van der Waals surface area contributed by atoms with Crippen molar-refractivity contribution < 1.29 is 18.3 Å². The van der Waals surface area contributed by atoms with Crippen molar-refractivity contribution in [3.05, 3.63) is 78.5 Å². The summed E-state index contributed by atoms with van der Waals surface area (Å²) < 4.78 is 31.7. The molecule has 4 aromatic rings. The van der Waals surface area contributed by atoms with Crippen LogP contribution >= 0.6 is 11.8 Å². The standard InChI is InChI=1S/C23H22FN3O3S/c1-28-21-8-3-2-7-20(21)22-25-26-23(27(22)16-19-6-4-13-30-19)31-15-5-14-29-18-11-9-17(24)10-12-18/h2-4,6-13H,5,14-16H2,1H3. The molecule has 0 N–H and O–H groups in total. The predicted molar refractivity (Wildman–Crippen MR) is 117 cm³/mol. The van der Waals surface area contributed by atoms with Crippen molar-refractivity contribution in [1.82, 2.24) is 14.8 Å². The van der Waals surface area contributed by atoms with Crippen molar-refractivity contribution in [2.75, 3.05) is 19.5 Å². The fourth-order valence-corrected chi connectivity index (χ4v) is 3.92. The van der Waals surface area contributed by atoms with Crippen LogP contribution in [0.4, 0.5) is 4.39 Å². The molecule has 160 valence electrons. The Labute approximate surface area is 184 Å². The number of rotatable bonds is 10. The van der Waals surface area contributed by atoms with Crippen LogP contribution in [-0.2, 0) is 6.54 Å². The van der Waals surface area contributed by atoms with E-state index in [1.807, 2.05) is 41.0 Å². The van der Waals surface area contributed by atoms with Gasteiger partial charge in [0.1, 0.15) is 23.1 Å². The largest absolute Gasteiger partial charge is 0.496 e. The fraction of sp³-hybridized carbons (Fsp3) is 0.217. The molecule has 8 heteroatoms. The summed E-state index contributed by atoms with van der Waals surface area (Å²) in [6.07, 6.45) is 2.46. The molecule has 0 unspecified atom stereocenters. The average Bonchev–Trinajstić information content (AvgIpc) is 3.45. The molecule has 6 nitrogen and oxygen atoms in total. The highest BCUT2D eigenvalue weighted by Crippen LogP contribution is 2.31. The van der Waals surface area contributed by atoms with Crippen LogP contribution in [-0.4, -0.2) is 34.2 Å². The van der Waals surface area contributed by atoms with Crippen LogP contribution in [0.15, 0.2) is 76.5 Å². The number of methoxy groups -OCH3 is 1. The summed E-state index contributed by atoms with van der Waals surface area (Å²) in [5.74, 6) is 3.45. The monoisotopic (exact) mass is 439 g/mol. The van der Waals surface area contributed by atoms with E-state index in [-0.39, 0.29) is 5.82 Å². The van der Waals surface area contributed by atoms with E-state index >= 15 is 0 Å². The molecule has 0 fully saturated rings. The highest BCUT2D eigenvalue weighted by molar-refractivity contribution is 7.99. The third-order valence-electron chi connectivity index (χ3n) is 4.56. The van der Waals surface area contributed by atoms with Gasteiger partial charge in [-0.05, 0) is 55.0 Å². The first-order valence-electron chi connectivity index (χ1n) is 9.85. The van der Waals surface area contributed by atoms with Crippen LogP contribution < -0.4 is 9.47 Å². The summed E-state index contributed by atoms with van der Waals surface area (Å²) in [6.45, 7) is 1.05. The number of thioether (sulfide) groups is 1. The summed E-state index contributed by atoms with van der Waals surface area (Å²) >= 11 is 1.60. The van der Waals surface area contributed by atoms with Gasteiger partial charge in [0.25, 0.3) is 0 Å². The van der Waals surface area contributed by atoms with Gasteiger partial charge in [0.15, 0.2) is 11.0 Å². The second kappa shape index (κ2) is 10.2. The van der Waals surface area contributed by atoms with E-state index in [1.54, 1.807) is 37.3 Å². The lowest BCUT2D eigenvalue weighted by molar-refractivity contribution is 0.318. The molecule has 0 saturated heterocycles. The quantitative estimate of drug-likeness (QED) is 0.247. The van der Waals surface area contributed by atoms with Gasteiger partial charge in [-0.15, -0.1) is 10.2 Å². The molecule has 0 amide bonds. The zero-order valence-corrected chi connectivity index (χ0v) is 17.8. The van der Waals surface area contributed by atoms with Crippen LogP contribution in [0.3, 0.4) is 0 Å². The Morgan fingerprint density at radius 1 is 1.03 bits per heavy atom. The highest BCUT2D eigenvalue weighted by atomic mass is 32.2. The maximum Gasteiger partial charge on any atom is 0.191 e. The molecule has 2 aromatic carbocycles. The number of furan rings is 1. The van der Waals surface area contributed by atoms with Gasteiger partial charge in [0.05, 0.1) is 32.1 Å². The normalized spacial score (nSPS) is 10.9. The summed E-state index contributed by atoms with van der Waals surface area (Å²) in [5, 5.41) is 9.63. The lowest BCUT2D eigenvalue weighted by Crippen LogP contribution is -2.05. The Bertz CT molecular complexity index is 1100. The van der Waals surface area contributed by atoms with Crippen LogP contribution in [0.25, 0.3) is 11.4 Å². The van der Waals surface area contributed by atoms with Gasteiger partial charge in [-0.2, -0.15) is 0 Å². The van der Waals surface area contributed by atoms with Gasteiger partial charge in [-0.3, -0.25) is 4.57 Å². The zero-order chi connectivity index (χ0) is 21.5. The highest BCUT2D eigenvalue weighted by Gasteiger charge is 2.18. The SMILES string of the molecule is COc1ccccc1-c1nnc(SCCCOc2ccc(F)cc2)n1Cc1ccco1. The Balaban J connectivity index is 1.45. The molecule has 0 aliphatic carbocycles. The van der Waals surface area contributed by atoms with E-state index in [4.69, 9.17) is 13.9 Å². The molecular formula is C23H22FN3O3S.